The summed E-state index contributed by atoms with van der Waals surface area (Å²) in [5.74, 6) is 0.264. The first-order chi connectivity index (χ1) is 10.7. The van der Waals surface area contributed by atoms with E-state index in [2.05, 4.69) is 15.0 Å². The third-order valence-electron chi connectivity index (χ3n) is 3.16. The van der Waals surface area contributed by atoms with Crippen LogP contribution in [0.25, 0.3) is 22.7 Å². The van der Waals surface area contributed by atoms with Crippen LogP contribution in [0.5, 0.6) is 0 Å². The molecule has 3 heterocycles. The monoisotopic (exact) mass is 294 g/mol. The third kappa shape index (κ3) is 3.01. The highest BCUT2D eigenvalue weighted by molar-refractivity contribution is 5.75. The van der Waals surface area contributed by atoms with Crippen LogP contribution in [0.4, 0.5) is 0 Å². The Morgan fingerprint density at radius 1 is 1.18 bits per heavy atom. The van der Waals surface area contributed by atoms with Gasteiger partial charge < -0.3 is 10.2 Å². The summed E-state index contributed by atoms with van der Waals surface area (Å²) in [6.07, 6.45) is 7.33. The fourth-order valence-electron chi connectivity index (χ4n) is 2.10. The lowest BCUT2D eigenvalue weighted by Gasteiger charge is -2.08. The summed E-state index contributed by atoms with van der Waals surface area (Å²) in [4.78, 5) is 24.0. The molecule has 0 aliphatic heterocycles. The zero-order valence-corrected chi connectivity index (χ0v) is 11.8. The Kier molecular flexibility index (Phi) is 3.91. The molecule has 0 spiro atoms. The fraction of sp³-hybridized carbons (Fsp3) is 0.125. The third-order valence-corrected chi connectivity index (χ3v) is 3.16. The van der Waals surface area contributed by atoms with Gasteiger partial charge in [0.05, 0.1) is 17.7 Å². The number of hydrogen-bond donors (Lipinski definition) is 1. The van der Waals surface area contributed by atoms with E-state index in [1.807, 2.05) is 18.2 Å². The highest BCUT2D eigenvalue weighted by atomic mass is 16.3. The average molecular weight is 294 g/mol. The molecule has 22 heavy (non-hydrogen) atoms. The van der Waals surface area contributed by atoms with Crippen LogP contribution in [0.3, 0.4) is 0 Å². The molecule has 3 aromatic rings. The van der Waals surface area contributed by atoms with Gasteiger partial charge in [-0.15, -0.1) is 0 Å². The van der Waals surface area contributed by atoms with Crippen LogP contribution >= 0.6 is 0 Å². The molecule has 0 saturated carbocycles. The van der Waals surface area contributed by atoms with Crippen molar-refractivity contribution >= 4 is 5.91 Å². The van der Waals surface area contributed by atoms with Gasteiger partial charge in [0.15, 0.2) is 5.76 Å². The van der Waals surface area contributed by atoms with Crippen molar-refractivity contribution in [2.75, 3.05) is 0 Å². The van der Waals surface area contributed by atoms with Crippen LogP contribution in [0, 0.1) is 0 Å². The molecule has 0 bridgehead atoms. The predicted molar refractivity (Wildman–Crippen MR) is 80.5 cm³/mol. The van der Waals surface area contributed by atoms with Crippen molar-refractivity contribution in [3.8, 4) is 22.7 Å². The number of rotatable bonds is 5. The molecule has 0 atom stereocenters. The summed E-state index contributed by atoms with van der Waals surface area (Å²) in [5.41, 5.74) is 8.12. The Morgan fingerprint density at radius 3 is 2.68 bits per heavy atom. The molecule has 3 rings (SSSR count). The molecule has 1 amide bonds. The van der Waals surface area contributed by atoms with E-state index in [1.165, 1.54) is 0 Å². The largest absolute Gasteiger partial charge is 0.463 e. The van der Waals surface area contributed by atoms with Crippen molar-refractivity contribution < 1.29 is 9.21 Å². The number of nitrogens with two attached hydrogens (primary N) is 1. The molecular weight excluding hydrogens is 280 g/mol. The van der Waals surface area contributed by atoms with Gasteiger partial charge in [-0.05, 0) is 30.7 Å². The first kappa shape index (κ1) is 13.9. The molecule has 2 N–H and O–H groups in total. The molecular formula is C16H14N4O2. The molecule has 0 unspecified atom stereocenters. The number of primary amides is 1. The van der Waals surface area contributed by atoms with Gasteiger partial charge in [0.2, 0.25) is 5.91 Å². The lowest BCUT2D eigenvalue weighted by atomic mass is 10.1. The van der Waals surface area contributed by atoms with Crippen LogP contribution in [-0.2, 0) is 11.2 Å². The summed E-state index contributed by atoms with van der Waals surface area (Å²) in [5, 5.41) is 0. The van der Waals surface area contributed by atoms with Gasteiger partial charge in [0.25, 0.3) is 0 Å². The summed E-state index contributed by atoms with van der Waals surface area (Å²) in [6.45, 7) is 0. The molecule has 0 radical (unpaired) electrons. The number of furan rings is 1. The van der Waals surface area contributed by atoms with Crippen LogP contribution < -0.4 is 5.73 Å². The second-order valence-electron chi connectivity index (χ2n) is 4.74. The number of nitrogens with zero attached hydrogens (tertiary/aromatic N) is 3. The molecule has 110 valence electrons. The minimum atomic E-state index is -0.362. The maximum absolute atomic E-state index is 10.9. The van der Waals surface area contributed by atoms with Gasteiger partial charge >= 0.3 is 0 Å². The number of pyridine rings is 1. The second-order valence-corrected chi connectivity index (χ2v) is 4.74. The van der Waals surface area contributed by atoms with Crippen molar-refractivity contribution in [1.82, 2.24) is 15.0 Å². The first-order valence-electron chi connectivity index (χ1n) is 6.82. The van der Waals surface area contributed by atoms with Gasteiger partial charge in [-0.2, -0.15) is 0 Å². The van der Waals surface area contributed by atoms with Gasteiger partial charge in [-0.3, -0.25) is 14.8 Å². The van der Waals surface area contributed by atoms with E-state index in [4.69, 9.17) is 10.2 Å². The number of aryl methyl sites for hydroxylation is 1. The van der Waals surface area contributed by atoms with Crippen LogP contribution in [0.2, 0.25) is 0 Å². The van der Waals surface area contributed by atoms with E-state index >= 15 is 0 Å². The zero-order valence-electron chi connectivity index (χ0n) is 11.8. The topological polar surface area (TPSA) is 94.9 Å². The molecule has 0 aliphatic carbocycles. The van der Waals surface area contributed by atoms with Crippen LogP contribution in [0.15, 0.2) is 53.5 Å². The van der Waals surface area contributed by atoms with Crippen LogP contribution in [-0.4, -0.2) is 20.9 Å². The van der Waals surface area contributed by atoms with Gasteiger partial charge in [0, 0.05) is 30.6 Å². The normalized spacial score (nSPS) is 10.5. The SMILES string of the molecule is NC(=O)CCc1cnc(-c2ccncc2)c(-c2ccco2)n1. The lowest BCUT2D eigenvalue weighted by Crippen LogP contribution is -2.12. The molecule has 0 aromatic carbocycles. The summed E-state index contributed by atoms with van der Waals surface area (Å²) < 4.78 is 5.45. The smallest absolute Gasteiger partial charge is 0.217 e. The van der Waals surface area contributed by atoms with Crippen molar-refractivity contribution in [3.63, 3.8) is 0 Å². The summed E-state index contributed by atoms with van der Waals surface area (Å²) in [7, 11) is 0. The van der Waals surface area contributed by atoms with Gasteiger partial charge in [-0.1, -0.05) is 0 Å². The summed E-state index contributed by atoms with van der Waals surface area (Å²) in [6, 6.07) is 7.34. The standard InChI is InChI=1S/C16H14N4O2/c17-14(21)4-3-12-10-19-15(11-5-7-18-8-6-11)16(20-12)13-2-1-9-22-13/h1-2,5-10H,3-4H2,(H2,17,21). The van der Waals surface area contributed by atoms with Crippen LogP contribution in [0.1, 0.15) is 12.1 Å². The van der Waals surface area contributed by atoms with E-state index in [1.54, 1.807) is 30.9 Å². The first-order valence-corrected chi connectivity index (χ1v) is 6.82. The van der Waals surface area contributed by atoms with E-state index in [0.717, 1.165) is 5.56 Å². The minimum absolute atomic E-state index is 0.237. The van der Waals surface area contributed by atoms with E-state index in [0.29, 0.717) is 29.3 Å². The average Bonchev–Trinajstić information content (AvgIpc) is 3.08. The number of hydrogen-bond acceptors (Lipinski definition) is 5. The van der Waals surface area contributed by atoms with Crippen molar-refractivity contribution in [2.45, 2.75) is 12.8 Å². The quantitative estimate of drug-likeness (QED) is 0.778. The molecule has 6 heteroatoms. The van der Waals surface area contributed by atoms with Crippen molar-refractivity contribution in [2.24, 2.45) is 5.73 Å². The molecule has 6 nitrogen and oxygen atoms in total. The maximum Gasteiger partial charge on any atom is 0.217 e. The van der Waals surface area contributed by atoms with E-state index < -0.39 is 0 Å². The van der Waals surface area contributed by atoms with Crippen molar-refractivity contribution in [3.05, 3.63) is 54.8 Å². The molecule has 0 aliphatic rings. The molecule has 0 fully saturated rings. The highest BCUT2D eigenvalue weighted by Crippen LogP contribution is 2.28. The Labute approximate surface area is 127 Å². The Hall–Kier alpha value is -3.02. The Balaban J connectivity index is 2.04. The number of amides is 1. The Morgan fingerprint density at radius 2 is 2.00 bits per heavy atom. The number of carbonyl (C=O) groups is 1. The zero-order chi connectivity index (χ0) is 15.4. The summed E-state index contributed by atoms with van der Waals surface area (Å²) >= 11 is 0. The molecule has 3 aromatic heterocycles. The minimum Gasteiger partial charge on any atom is -0.463 e. The van der Waals surface area contributed by atoms with Gasteiger partial charge in [-0.25, -0.2) is 4.98 Å². The predicted octanol–water partition coefficient (Wildman–Crippen LogP) is 2.22. The highest BCUT2D eigenvalue weighted by Gasteiger charge is 2.14. The van der Waals surface area contributed by atoms with Gasteiger partial charge in [0.1, 0.15) is 5.69 Å². The van der Waals surface area contributed by atoms with Crippen molar-refractivity contribution in [1.29, 1.82) is 0 Å². The molecule has 0 saturated heterocycles. The second kappa shape index (κ2) is 6.17. The lowest BCUT2D eigenvalue weighted by molar-refractivity contribution is -0.118. The maximum atomic E-state index is 10.9. The number of carbonyl (C=O) groups excluding carboxylic acids is 1. The number of aromatic nitrogens is 3. The van der Waals surface area contributed by atoms with E-state index in [-0.39, 0.29) is 12.3 Å². The Bertz CT molecular complexity index is 770. The fourth-order valence-corrected chi connectivity index (χ4v) is 2.10. The van der Waals surface area contributed by atoms with E-state index in [9.17, 15) is 4.79 Å².